The highest BCUT2D eigenvalue weighted by molar-refractivity contribution is 6.04. The van der Waals surface area contributed by atoms with Crippen molar-refractivity contribution in [3.63, 3.8) is 0 Å². The van der Waals surface area contributed by atoms with E-state index in [0.29, 0.717) is 47.4 Å². The van der Waals surface area contributed by atoms with Crippen molar-refractivity contribution in [3.05, 3.63) is 77.9 Å². The van der Waals surface area contributed by atoms with Gasteiger partial charge in [0.05, 0.1) is 0 Å². The molecule has 3 aromatic carbocycles. The molecule has 0 radical (unpaired) electrons. The van der Waals surface area contributed by atoms with Crippen LogP contribution in [-0.4, -0.2) is 31.6 Å². The second-order valence-electron chi connectivity index (χ2n) is 7.04. The number of benzene rings is 3. The highest BCUT2D eigenvalue weighted by Crippen LogP contribution is 2.32. The van der Waals surface area contributed by atoms with E-state index in [1.807, 2.05) is 25.1 Å². The lowest BCUT2D eigenvalue weighted by Gasteiger charge is -2.19. The highest BCUT2D eigenvalue weighted by Gasteiger charge is 2.13. The molecule has 7 nitrogen and oxygen atoms in total. The Hall–Kier alpha value is -4.00. The van der Waals surface area contributed by atoms with Gasteiger partial charge in [0.15, 0.2) is 18.1 Å². The molecule has 0 saturated heterocycles. The maximum Gasteiger partial charge on any atom is 0.262 e. The summed E-state index contributed by atoms with van der Waals surface area (Å²) in [7, 11) is 0. The van der Waals surface area contributed by atoms with Gasteiger partial charge < -0.3 is 24.8 Å². The van der Waals surface area contributed by atoms with Crippen molar-refractivity contribution in [2.75, 3.05) is 30.5 Å². The fraction of sp³-hybridized carbons (Fsp3) is 0.167. The van der Waals surface area contributed by atoms with Crippen molar-refractivity contribution < 1.29 is 23.8 Å². The number of rotatable bonds is 6. The van der Waals surface area contributed by atoms with Crippen molar-refractivity contribution >= 4 is 23.2 Å². The molecule has 1 aliphatic rings. The Kier molecular flexibility index (Phi) is 6.03. The average Bonchev–Trinajstić information content (AvgIpc) is 2.78. The Labute approximate surface area is 179 Å². The monoisotopic (exact) mass is 418 g/mol. The van der Waals surface area contributed by atoms with E-state index in [4.69, 9.17) is 14.2 Å². The van der Waals surface area contributed by atoms with Crippen LogP contribution >= 0.6 is 0 Å². The zero-order valence-electron chi connectivity index (χ0n) is 17.0. The van der Waals surface area contributed by atoms with Gasteiger partial charge in [-0.15, -0.1) is 0 Å². The summed E-state index contributed by atoms with van der Waals surface area (Å²) in [5, 5.41) is 5.61. The van der Waals surface area contributed by atoms with Crippen LogP contribution in [0.4, 0.5) is 11.4 Å². The number of ether oxygens (including phenoxy) is 3. The Balaban J connectivity index is 1.28. The van der Waals surface area contributed by atoms with E-state index in [1.165, 1.54) is 0 Å². The van der Waals surface area contributed by atoms with E-state index in [0.717, 1.165) is 5.56 Å². The SMILES string of the molecule is Cc1cccc(C(=O)Nc2ccc(OCC(=O)Nc3ccc4c(c3)OCCO4)cc2)c1. The van der Waals surface area contributed by atoms with Crippen LogP contribution in [0.15, 0.2) is 66.7 Å². The summed E-state index contributed by atoms with van der Waals surface area (Å²) in [4.78, 5) is 24.5. The quantitative estimate of drug-likeness (QED) is 0.631. The molecule has 0 spiro atoms. The molecule has 4 rings (SSSR count). The van der Waals surface area contributed by atoms with Crippen LogP contribution < -0.4 is 24.8 Å². The normalized spacial score (nSPS) is 12.0. The minimum atomic E-state index is -0.298. The lowest BCUT2D eigenvalue weighted by molar-refractivity contribution is -0.118. The summed E-state index contributed by atoms with van der Waals surface area (Å²) < 4.78 is 16.5. The van der Waals surface area contributed by atoms with Crippen LogP contribution in [0.3, 0.4) is 0 Å². The molecule has 158 valence electrons. The van der Waals surface area contributed by atoms with Crippen LogP contribution in [-0.2, 0) is 4.79 Å². The first-order valence-corrected chi connectivity index (χ1v) is 9.87. The number of anilines is 2. The number of carbonyl (C=O) groups excluding carboxylic acids is 2. The van der Waals surface area contributed by atoms with Gasteiger partial charge in [-0.1, -0.05) is 17.7 Å². The van der Waals surface area contributed by atoms with Crippen molar-refractivity contribution in [2.45, 2.75) is 6.92 Å². The van der Waals surface area contributed by atoms with E-state index < -0.39 is 0 Å². The van der Waals surface area contributed by atoms with Crippen molar-refractivity contribution in [1.82, 2.24) is 0 Å². The first-order valence-electron chi connectivity index (χ1n) is 9.87. The molecule has 1 heterocycles. The zero-order valence-corrected chi connectivity index (χ0v) is 17.0. The topological polar surface area (TPSA) is 85.9 Å². The smallest absolute Gasteiger partial charge is 0.262 e. The minimum Gasteiger partial charge on any atom is -0.486 e. The lowest BCUT2D eigenvalue weighted by atomic mass is 10.1. The van der Waals surface area contributed by atoms with E-state index in [2.05, 4.69) is 10.6 Å². The van der Waals surface area contributed by atoms with Crippen molar-refractivity contribution in [1.29, 1.82) is 0 Å². The molecule has 31 heavy (non-hydrogen) atoms. The maximum absolute atomic E-state index is 12.3. The van der Waals surface area contributed by atoms with E-state index in [-0.39, 0.29) is 18.4 Å². The maximum atomic E-state index is 12.3. The molecule has 0 fully saturated rings. The average molecular weight is 418 g/mol. The predicted molar refractivity (Wildman–Crippen MR) is 117 cm³/mol. The Morgan fingerprint density at radius 1 is 0.871 bits per heavy atom. The number of carbonyl (C=O) groups is 2. The predicted octanol–water partition coefficient (Wildman–Crippen LogP) is 4.04. The fourth-order valence-corrected chi connectivity index (χ4v) is 3.09. The number of nitrogens with one attached hydrogen (secondary N) is 2. The summed E-state index contributed by atoms with van der Waals surface area (Å²) in [5.41, 5.74) is 2.86. The molecule has 0 aromatic heterocycles. The van der Waals surface area contributed by atoms with E-state index in [9.17, 15) is 9.59 Å². The zero-order chi connectivity index (χ0) is 21.6. The third-order valence-electron chi connectivity index (χ3n) is 4.59. The molecule has 2 N–H and O–H groups in total. The molecule has 0 bridgehead atoms. The van der Waals surface area contributed by atoms with Crippen LogP contribution in [0.25, 0.3) is 0 Å². The van der Waals surface area contributed by atoms with Crippen LogP contribution in [0, 0.1) is 6.92 Å². The Morgan fingerprint density at radius 3 is 2.39 bits per heavy atom. The van der Waals surface area contributed by atoms with Gasteiger partial charge in [0, 0.05) is 23.0 Å². The number of amides is 2. The highest BCUT2D eigenvalue weighted by atomic mass is 16.6. The Bertz CT molecular complexity index is 1100. The minimum absolute atomic E-state index is 0.149. The van der Waals surface area contributed by atoms with Crippen molar-refractivity contribution in [2.24, 2.45) is 0 Å². The number of aryl methyl sites for hydroxylation is 1. The molecule has 0 atom stereocenters. The number of hydrogen-bond acceptors (Lipinski definition) is 5. The molecule has 2 amide bonds. The second-order valence-corrected chi connectivity index (χ2v) is 7.04. The van der Waals surface area contributed by atoms with Crippen LogP contribution in [0.5, 0.6) is 17.2 Å². The molecular formula is C24H22N2O5. The van der Waals surface area contributed by atoms with Gasteiger partial charge in [-0.25, -0.2) is 0 Å². The number of fused-ring (bicyclic) bond motifs is 1. The molecule has 0 saturated carbocycles. The second kappa shape index (κ2) is 9.21. The van der Waals surface area contributed by atoms with Gasteiger partial charge in [0.1, 0.15) is 19.0 Å². The van der Waals surface area contributed by atoms with Gasteiger partial charge in [0.25, 0.3) is 11.8 Å². The molecule has 0 unspecified atom stereocenters. The van der Waals surface area contributed by atoms with Gasteiger partial charge in [-0.3, -0.25) is 9.59 Å². The lowest BCUT2D eigenvalue weighted by Crippen LogP contribution is -2.20. The fourth-order valence-electron chi connectivity index (χ4n) is 3.09. The standard InChI is InChI=1S/C24H22N2O5/c1-16-3-2-4-17(13-16)24(28)26-18-5-8-20(9-6-18)31-15-23(27)25-19-7-10-21-22(14-19)30-12-11-29-21/h2-10,13-14H,11-12,15H2,1H3,(H,25,27)(H,26,28). The molecule has 3 aromatic rings. The molecular weight excluding hydrogens is 396 g/mol. The first-order chi connectivity index (χ1) is 15.1. The van der Waals surface area contributed by atoms with Gasteiger partial charge in [0.2, 0.25) is 0 Å². The summed E-state index contributed by atoms with van der Waals surface area (Å²) >= 11 is 0. The third kappa shape index (κ3) is 5.33. The molecule has 1 aliphatic heterocycles. The van der Waals surface area contributed by atoms with Gasteiger partial charge >= 0.3 is 0 Å². The van der Waals surface area contributed by atoms with Crippen LogP contribution in [0.1, 0.15) is 15.9 Å². The van der Waals surface area contributed by atoms with E-state index >= 15 is 0 Å². The summed E-state index contributed by atoms with van der Waals surface area (Å²) in [6.45, 7) is 2.78. The van der Waals surface area contributed by atoms with Crippen LogP contribution in [0.2, 0.25) is 0 Å². The van der Waals surface area contributed by atoms with E-state index in [1.54, 1.807) is 48.5 Å². The summed E-state index contributed by atoms with van der Waals surface area (Å²) in [5.74, 6) is 1.30. The molecule has 0 aliphatic carbocycles. The van der Waals surface area contributed by atoms with Crippen molar-refractivity contribution in [3.8, 4) is 17.2 Å². The third-order valence-corrected chi connectivity index (χ3v) is 4.59. The first kappa shape index (κ1) is 20.3. The summed E-state index contributed by atoms with van der Waals surface area (Å²) in [6.07, 6.45) is 0. The molecule has 7 heteroatoms. The summed E-state index contributed by atoms with van der Waals surface area (Å²) in [6, 6.07) is 19.4. The van der Waals surface area contributed by atoms with Gasteiger partial charge in [-0.05, 0) is 55.5 Å². The number of hydrogen-bond donors (Lipinski definition) is 2. The van der Waals surface area contributed by atoms with Gasteiger partial charge in [-0.2, -0.15) is 0 Å². The Morgan fingerprint density at radius 2 is 1.61 bits per heavy atom. The largest absolute Gasteiger partial charge is 0.486 e.